The molecule has 1 N–H and O–H groups in total. The van der Waals surface area contributed by atoms with E-state index >= 15 is 0 Å². The zero-order valence-electron chi connectivity index (χ0n) is 8.56. The molecule has 80 valence electrons. The number of nitrogens with zero attached hydrogens (tertiary/aromatic N) is 1. The first-order valence-electron chi connectivity index (χ1n) is 5.43. The molecule has 1 amide bonds. The molecule has 2 saturated carbocycles. The van der Waals surface area contributed by atoms with Gasteiger partial charge in [0.05, 0.1) is 21.1 Å². The molecule has 0 radical (unpaired) electrons. The van der Waals surface area contributed by atoms with Crippen LogP contribution in [0.15, 0.2) is 23.7 Å². The molecule has 3 nitrogen and oxygen atoms in total. The van der Waals surface area contributed by atoms with Gasteiger partial charge in [0.25, 0.3) is 0 Å². The van der Waals surface area contributed by atoms with Crippen molar-refractivity contribution in [2.45, 2.75) is 12.8 Å². The Hall–Kier alpha value is -1.42. The molecule has 1 aromatic heterocycles. The molecule has 0 bridgehead atoms. The number of fused-ring (bicyclic) bond motifs is 2. The summed E-state index contributed by atoms with van der Waals surface area (Å²) < 4.78 is 1.12. The van der Waals surface area contributed by atoms with Gasteiger partial charge in [-0.1, -0.05) is 0 Å². The maximum absolute atomic E-state index is 11.9. The van der Waals surface area contributed by atoms with E-state index in [9.17, 15) is 4.79 Å². The molecule has 2 aromatic rings. The molecule has 2 aliphatic carbocycles. The van der Waals surface area contributed by atoms with Gasteiger partial charge in [0.1, 0.15) is 0 Å². The molecule has 2 aliphatic rings. The van der Waals surface area contributed by atoms with Crippen LogP contribution in [-0.4, -0.2) is 10.9 Å². The smallest absolute Gasteiger partial charge is 0.230 e. The van der Waals surface area contributed by atoms with Gasteiger partial charge in [-0.15, -0.1) is 11.3 Å². The number of thiazole rings is 1. The number of benzene rings is 1. The number of amides is 1. The molecule has 2 fully saturated rings. The number of rotatable bonds is 2. The summed E-state index contributed by atoms with van der Waals surface area (Å²) in [6.07, 6.45) is 2.20. The van der Waals surface area contributed by atoms with E-state index in [0.717, 1.165) is 28.7 Å². The Kier molecular flexibility index (Phi) is 1.43. The van der Waals surface area contributed by atoms with Gasteiger partial charge in [0.2, 0.25) is 5.91 Å². The van der Waals surface area contributed by atoms with Crippen molar-refractivity contribution < 1.29 is 4.79 Å². The van der Waals surface area contributed by atoms with Crippen molar-refractivity contribution in [3.8, 4) is 0 Å². The van der Waals surface area contributed by atoms with Crippen LogP contribution in [0, 0.1) is 11.3 Å². The molecule has 1 heterocycles. The summed E-state index contributed by atoms with van der Waals surface area (Å²) in [6.45, 7) is 0. The van der Waals surface area contributed by atoms with Gasteiger partial charge >= 0.3 is 0 Å². The molecule has 0 atom stereocenters. The number of nitrogens with one attached hydrogen (secondary N) is 1. The standard InChI is InChI=1S/C12H10N2OS/c15-11(12-4-7(12)5-12)14-8-1-2-9-10(3-8)16-6-13-9/h1-3,6-7H,4-5H2,(H,14,15). The molecule has 16 heavy (non-hydrogen) atoms. The summed E-state index contributed by atoms with van der Waals surface area (Å²) in [4.78, 5) is 16.1. The second-order valence-corrected chi connectivity index (χ2v) is 5.64. The highest BCUT2D eigenvalue weighted by molar-refractivity contribution is 7.16. The zero-order valence-corrected chi connectivity index (χ0v) is 9.38. The molecule has 0 spiro atoms. The van der Waals surface area contributed by atoms with Crippen molar-refractivity contribution in [3.63, 3.8) is 0 Å². The Balaban J connectivity index is 1.63. The van der Waals surface area contributed by atoms with Crippen LogP contribution >= 0.6 is 11.3 Å². The molecule has 0 aliphatic heterocycles. The summed E-state index contributed by atoms with van der Waals surface area (Å²) in [5, 5.41) is 3.01. The highest BCUT2D eigenvalue weighted by Crippen LogP contribution is 2.75. The average molecular weight is 230 g/mol. The van der Waals surface area contributed by atoms with Gasteiger partial charge in [-0.2, -0.15) is 0 Å². The van der Waals surface area contributed by atoms with E-state index in [4.69, 9.17) is 0 Å². The van der Waals surface area contributed by atoms with E-state index in [1.807, 2.05) is 23.7 Å². The first kappa shape index (κ1) is 8.70. The van der Waals surface area contributed by atoms with Crippen LogP contribution in [-0.2, 0) is 4.79 Å². The summed E-state index contributed by atoms with van der Waals surface area (Å²) >= 11 is 1.60. The van der Waals surface area contributed by atoms with Gasteiger partial charge < -0.3 is 5.32 Å². The summed E-state index contributed by atoms with van der Waals surface area (Å²) in [5.74, 6) is 0.904. The van der Waals surface area contributed by atoms with Gasteiger partial charge in [-0.25, -0.2) is 4.98 Å². The van der Waals surface area contributed by atoms with Crippen molar-refractivity contribution in [2.24, 2.45) is 11.3 Å². The Morgan fingerprint density at radius 3 is 3.06 bits per heavy atom. The fourth-order valence-electron chi connectivity index (χ4n) is 2.26. The van der Waals surface area contributed by atoms with E-state index in [1.54, 1.807) is 11.3 Å². The lowest BCUT2D eigenvalue weighted by atomic mass is 10.2. The SMILES string of the molecule is O=C(Nc1ccc2ncsc2c1)C12CC1C2. The molecular weight excluding hydrogens is 220 g/mol. The summed E-state index contributed by atoms with van der Waals surface area (Å²) in [5.41, 5.74) is 3.76. The van der Waals surface area contributed by atoms with E-state index in [1.165, 1.54) is 0 Å². The highest BCUT2D eigenvalue weighted by Gasteiger charge is 2.74. The van der Waals surface area contributed by atoms with E-state index in [-0.39, 0.29) is 11.3 Å². The number of hydrogen-bond donors (Lipinski definition) is 1. The van der Waals surface area contributed by atoms with Crippen LogP contribution < -0.4 is 5.32 Å². The molecule has 0 saturated heterocycles. The summed E-state index contributed by atoms with van der Waals surface area (Å²) in [7, 11) is 0. The molecule has 0 unspecified atom stereocenters. The second kappa shape index (κ2) is 2.63. The van der Waals surface area contributed by atoms with Crippen molar-refractivity contribution in [1.82, 2.24) is 4.98 Å². The number of hydrogen-bond acceptors (Lipinski definition) is 3. The molecule has 4 rings (SSSR count). The van der Waals surface area contributed by atoms with Crippen molar-refractivity contribution in [3.05, 3.63) is 23.7 Å². The van der Waals surface area contributed by atoms with Crippen LogP contribution in [0.25, 0.3) is 10.2 Å². The minimum atomic E-state index is 0.0443. The maximum Gasteiger partial charge on any atom is 0.230 e. The predicted molar refractivity (Wildman–Crippen MR) is 63.4 cm³/mol. The van der Waals surface area contributed by atoms with Crippen molar-refractivity contribution in [1.29, 1.82) is 0 Å². The van der Waals surface area contributed by atoms with Crippen LogP contribution in [0.5, 0.6) is 0 Å². The number of carbonyl (C=O) groups is 1. The average Bonchev–Trinajstić information content (AvgIpc) is 3.06. The van der Waals surface area contributed by atoms with Gasteiger partial charge in [0, 0.05) is 5.69 Å². The number of anilines is 1. The lowest BCUT2D eigenvalue weighted by molar-refractivity contribution is -0.119. The third-order valence-electron chi connectivity index (χ3n) is 3.72. The lowest BCUT2D eigenvalue weighted by Gasteiger charge is -2.06. The third kappa shape index (κ3) is 1.08. The van der Waals surface area contributed by atoms with Crippen LogP contribution in [0.1, 0.15) is 12.8 Å². The quantitative estimate of drug-likeness (QED) is 0.861. The van der Waals surface area contributed by atoms with Gasteiger partial charge in [0.15, 0.2) is 0 Å². The van der Waals surface area contributed by atoms with Crippen LogP contribution in [0.4, 0.5) is 5.69 Å². The number of aromatic nitrogens is 1. The molecule has 1 aromatic carbocycles. The molecular formula is C12H10N2OS. The topological polar surface area (TPSA) is 42.0 Å². The second-order valence-electron chi connectivity index (χ2n) is 4.75. The van der Waals surface area contributed by atoms with Crippen molar-refractivity contribution in [2.75, 3.05) is 5.32 Å². The fourth-order valence-corrected chi connectivity index (χ4v) is 2.98. The maximum atomic E-state index is 11.9. The Labute approximate surface area is 96.5 Å². The van der Waals surface area contributed by atoms with E-state index < -0.39 is 0 Å². The Bertz CT molecular complexity index is 598. The fraction of sp³-hybridized carbons (Fsp3) is 0.333. The largest absolute Gasteiger partial charge is 0.326 e. The first-order chi connectivity index (χ1) is 7.78. The number of carbonyl (C=O) groups excluding carboxylic acids is 1. The normalized spacial score (nSPS) is 29.9. The lowest BCUT2D eigenvalue weighted by Crippen LogP contribution is -2.17. The van der Waals surface area contributed by atoms with Gasteiger partial charge in [-0.3, -0.25) is 4.79 Å². The van der Waals surface area contributed by atoms with Crippen molar-refractivity contribution >= 4 is 33.1 Å². The summed E-state index contributed by atoms with van der Waals surface area (Å²) in [6, 6.07) is 5.88. The Morgan fingerprint density at radius 2 is 2.31 bits per heavy atom. The third-order valence-corrected chi connectivity index (χ3v) is 4.52. The minimum absolute atomic E-state index is 0.0443. The predicted octanol–water partition coefficient (Wildman–Crippen LogP) is 2.64. The van der Waals surface area contributed by atoms with Crippen LogP contribution in [0.2, 0.25) is 0 Å². The van der Waals surface area contributed by atoms with E-state index in [2.05, 4.69) is 10.3 Å². The zero-order chi connectivity index (χ0) is 10.8. The van der Waals surface area contributed by atoms with Gasteiger partial charge in [-0.05, 0) is 37.0 Å². The Morgan fingerprint density at radius 1 is 1.50 bits per heavy atom. The van der Waals surface area contributed by atoms with Crippen LogP contribution in [0.3, 0.4) is 0 Å². The highest BCUT2D eigenvalue weighted by atomic mass is 32.1. The van der Waals surface area contributed by atoms with E-state index in [0.29, 0.717) is 5.92 Å². The molecule has 4 heteroatoms. The minimum Gasteiger partial charge on any atom is -0.326 e. The monoisotopic (exact) mass is 230 g/mol. The first-order valence-corrected chi connectivity index (χ1v) is 6.31.